The van der Waals surface area contributed by atoms with Crippen LogP contribution in [0, 0.1) is 13.8 Å². The van der Waals surface area contributed by atoms with Crippen LogP contribution in [0.1, 0.15) is 17.5 Å². The number of amides is 2. The lowest BCUT2D eigenvalue weighted by Crippen LogP contribution is -2.41. The van der Waals surface area contributed by atoms with Crippen molar-refractivity contribution in [2.24, 2.45) is 0 Å². The van der Waals surface area contributed by atoms with Gasteiger partial charge in [0.1, 0.15) is 6.04 Å². The normalized spacial score (nSPS) is 16.1. The second-order valence-electron chi connectivity index (χ2n) is 5.80. The molecular formula is C18H19N3O2. The van der Waals surface area contributed by atoms with E-state index in [1.54, 1.807) is 0 Å². The van der Waals surface area contributed by atoms with E-state index >= 15 is 0 Å². The molecule has 0 aromatic heterocycles. The lowest BCUT2D eigenvalue weighted by atomic mass is 10.1. The molecule has 0 saturated heterocycles. The van der Waals surface area contributed by atoms with Crippen molar-refractivity contribution in [2.45, 2.75) is 26.3 Å². The number of hydrogen-bond acceptors (Lipinski definition) is 3. The van der Waals surface area contributed by atoms with Gasteiger partial charge in [0.05, 0.1) is 17.8 Å². The van der Waals surface area contributed by atoms with Crippen LogP contribution in [0.25, 0.3) is 0 Å². The first kappa shape index (κ1) is 15.1. The van der Waals surface area contributed by atoms with Crippen molar-refractivity contribution in [3.8, 4) is 0 Å². The van der Waals surface area contributed by atoms with E-state index < -0.39 is 6.04 Å². The summed E-state index contributed by atoms with van der Waals surface area (Å²) < 4.78 is 0. The van der Waals surface area contributed by atoms with Gasteiger partial charge in [-0.25, -0.2) is 0 Å². The Labute approximate surface area is 135 Å². The van der Waals surface area contributed by atoms with Gasteiger partial charge in [0.25, 0.3) is 0 Å². The number of benzene rings is 2. The monoisotopic (exact) mass is 309 g/mol. The number of rotatable bonds is 3. The van der Waals surface area contributed by atoms with Gasteiger partial charge in [-0.15, -0.1) is 0 Å². The first-order valence-electron chi connectivity index (χ1n) is 7.56. The zero-order chi connectivity index (χ0) is 16.4. The van der Waals surface area contributed by atoms with Crippen LogP contribution in [0.5, 0.6) is 0 Å². The zero-order valence-corrected chi connectivity index (χ0v) is 13.1. The highest BCUT2D eigenvalue weighted by atomic mass is 16.2. The van der Waals surface area contributed by atoms with Crippen molar-refractivity contribution in [3.05, 3.63) is 53.6 Å². The average Bonchev–Trinajstić information content (AvgIpc) is 2.51. The quantitative estimate of drug-likeness (QED) is 0.816. The predicted octanol–water partition coefficient (Wildman–Crippen LogP) is 3.06. The molecule has 0 fully saturated rings. The van der Waals surface area contributed by atoms with Crippen LogP contribution in [0.3, 0.4) is 0 Å². The van der Waals surface area contributed by atoms with Crippen LogP contribution in [-0.2, 0) is 9.59 Å². The standard InChI is InChI=1S/C18H19N3O2/c1-11-7-8-13(12(2)9-11)20-17(22)10-16-18(23)21-15-6-4-3-5-14(15)19-16/h3-9,16,19H,10H2,1-2H3,(H,20,22)(H,21,23)/t16-/m0/s1. The van der Waals surface area contributed by atoms with E-state index in [1.165, 1.54) is 0 Å². The molecular weight excluding hydrogens is 290 g/mol. The van der Waals surface area contributed by atoms with E-state index in [-0.39, 0.29) is 18.2 Å². The van der Waals surface area contributed by atoms with Crippen molar-refractivity contribution in [1.82, 2.24) is 0 Å². The van der Waals surface area contributed by atoms with E-state index in [9.17, 15) is 9.59 Å². The summed E-state index contributed by atoms with van der Waals surface area (Å²) in [6, 6.07) is 12.7. The minimum Gasteiger partial charge on any atom is -0.372 e. The molecule has 0 radical (unpaired) electrons. The average molecular weight is 309 g/mol. The summed E-state index contributed by atoms with van der Waals surface area (Å²) >= 11 is 0. The molecule has 0 unspecified atom stereocenters. The third-order valence-electron chi connectivity index (χ3n) is 3.88. The van der Waals surface area contributed by atoms with Crippen molar-refractivity contribution < 1.29 is 9.59 Å². The molecule has 1 heterocycles. The minimum atomic E-state index is -0.573. The molecule has 1 atom stereocenters. The third kappa shape index (κ3) is 3.34. The van der Waals surface area contributed by atoms with Gasteiger partial charge in [0.2, 0.25) is 11.8 Å². The molecule has 3 N–H and O–H groups in total. The summed E-state index contributed by atoms with van der Waals surface area (Å²) in [5.74, 6) is -0.386. The molecule has 23 heavy (non-hydrogen) atoms. The summed E-state index contributed by atoms with van der Waals surface area (Å²) in [5.41, 5.74) is 4.49. The van der Waals surface area contributed by atoms with Gasteiger partial charge in [0, 0.05) is 5.69 Å². The highest BCUT2D eigenvalue weighted by Crippen LogP contribution is 2.27. The Balaban J connectivity index is 1.67. The van der Waals surface area contributed by atoms with E-state index in [0.717, 1.165) is 28.2 Å². The Morgan fingerprint density at radius 2 is 1.87 bits per heavy atom. The summed E-state index contributed by atoms with van der Waals surface area (Å²) in [5, 5.41) is 8.80. The van der Waals surface area contributed by atoms with E-state index in [0.29, 0.717) is 0 Å². The van der Waals surface area contributed by atoms with Crippen LogP contribution < -0.4 is 16.0 Å². The number of para-hydroxylation sites is 2. The number of aryl methyl sites for hydroxylation is 2. The van der Waals surface area contributed by atoms with Gasteiger partial charge in [-0.05, 0) is 37.6 Å². The molecule has 1 aliphatic rings. The fraction of sp³-hybridized carbons (Fsp3) is 0.222. The maximum atomic E-state index is 12.2. The number of hydrogen-bond donors (Lipinski definition) is 3. The van der Waals surface area contributed by atoms with E-state index in [2.05, 4.69) is 16.0 Å². The second kappa shape index (κ2) is 6.12. The maximum Gasteiger partial charge on any atom is 0.247 e. The van der Waals surface area contributed by atoms with Gasteiger partial charge in [0.15, 0.2) is 0 Å². The maximum absolute atomic E-state index is 12.2. The van der Waals surface area contributed by atoms with Crippen LogP contribution in [-0.4, -0.2) is 17.9 Å². The van der Waals surface area contributed by atoms with Gasteiger partial charge in [-0.3, -0.25) is 9.59 Å². The lowest BCUT2D eigenvalue weighted by molar-refractivity contribution is -0.122. The molecule has 0 spiro atoms. The smallest absolute Gasteiger partial charge is 0.247 e. The summed E-state index contributed by atoms with van der Waals surface area (Å²) in [7, 11) is 0. The van der Waals surface area contributed by atoms with Gasteiger partial charge >= 0.3 is 0 Å². The van der Waals surface area contributed by atoms with Crippen LogP contribution in [0.15, 0.2) is 42.5 Å². The Morgan fingerprint density at radius 1 is 1.13 bits per heavy atom. The fourth-order valence-corrected chi connectivity index (χ4v) is 2.68. The second-order valence-corrected chi connectivity index (χ2v) is 5.80. The van der Waals surface area contributed by atoms with Crippen LogP contribution in [0.4, 0.5) is 17.1 Å². The summed E-state index contributed by atoms with van der Waals surface area (Å²) in [4.78, 5) is 24.3. The van der Waals surface area contributed by atoms with Crippen LogP contribution >= 0.6 is 0 Å². The zero-order valence-electron chi connectivity index (χ0n) is 13.1. The Morgan fingerprint density at radius 3 is 2.61 bits per heavy atom. The SMILES string of the molecule is Cc1ccc(NC(=O)C[C@@H]2Nc3ccccc3NC2=O)c(C)c1. The molecule has 1 aliphatic heterocycles. The van der Waals surface area contributed by atoms with Crippen molar-refractivity contribution in [2.75, 3.05) is 16.0 Å². The Kier molecular flexibility index (Phi) is 4.02. The minimum absolute atomic E-state index is 0.0769. The molecule has 2 aromatic rings. The Hall–Kier alpha value is -2.82. The number of nitrogens with one attached hydrogen (secondary N) is 3. The topological polar surface area (TPSA) is 70.2 Å². The number of carbonyl (C=O) groups is 2. The molecule has 5 nitrogen and oxygen atoms in total. The highest BCUT2D eigenvalue weighted by molar-refractivity contribution is 6.06. The summed E-state index contributed by atoms with van der Waals surface area (Å²) in [6.45, 7) is 3.96. The predicted molar refractivity (Wildman–Crippen MR) is 91.6 cm³/mol. The van der Waals surface area contributed by atoms with Crippen molar-refractivity contribution in [3.63, 3.8) is 0 Å². The van der Waals surface area contributed by atoms with E-state index in [1.807, 2.05) is 56.3 Å². The number of carbonyl (C=O) groups excluding carboxylic acids is 2. The number of fused-ring (bicyclic) bond motifs is 1. The van der Waals surface area contributed by atoms with Gasteiger partial charge in [-0.1, -0.05) is 29.8 Å². The molecule has 5 heteroatoms. The highest BCUT2D eigenvalue weighted by Gasteiger charge is 2.27. The third-order valence-corrected chi connectivity index (χ3v) is 3.88. The Bertz CT molecular complexity index is 771. The molecule has 2 aromatic carbocycles. The van der Waals surface area contributed by atoms with Gasteiger partial charge in [-0.2, -0.15) is 0 Å². The lowest BCUT2D eigenvalue weighted by Gasteiger charge is -2.26. The first-order valence-corrected chi connectivity index (χ1v) is 7.56. The molecule has 0 aliphatic carbocycles. The largest absolute Gasteiger partial charge is 0.372 e. The van der Waals surface area contributed by atoms with Gasteiger partial charge < -0.3 is 16.0 Å². The molecule has 0 bridgehead atoms. The molecule has 118 valence electrons. The van der Waals surface area contributed by atoms with Crippen molar-refractivity contribution >= 4 is 28.9 Å². The molecule has 3 rings (SSSR count). The van der Waals surface area contributed by atoms with Crippen molar-refractivity contribution in [1.29, 1.82) is 0 Å². The molecule has 2 amide bonds. The molecule has 0 saturated carbocycles. The van der Waals surface area contributed by atoms with Crippen LogP contribution in [0.2, 0.25) is 0 Å². The number of anilines is 3. The fourth-order valence-electron chi connectivity index (χ4n) is 2.68. The first-order chi connectivity index (χ1) is 11.0. The summed E-state index contributed by atoms with van der Waals surface area (Å²) in [6.07, 6.45) is 0.0769. The van der Waals surface area contributed by atoms with E-state index in [4.69, 9.17) is 0 Å².